The molecule has 138 valence electrons. The van der Waals surface area contributed by atoms with Gasteiger partial charge < -0.3 is 14.8 Å². The SMILES string of the molecule is COc1ccc(/C=C/C(=O)NCc2cn(-c3cccnc3)nn2)cc1OC. The summed E-state index contributed by atoms with van der Waals surface area (Å²) in [5.41, 5.74) is 2.27. The molecule has 2 heterocycles. The van der Waals surface area contributed by atoms with Crippen LogP contribution in [0, 0.1) is 0 Å². The molecule has 0 spiro atoms. The topological polar surface area (TPSA) is 91.2 Å². The number of carbonyl (C=O) groups excluding carboxylic acids is 1. The lowest BCUT2D eigenvalue weighted by Gasteiger charge is -2.07. The van der Waals surface area contributed by atoms with E-state index in [2.05, 4.69) is 20.6 Å². The lowest BCUT2D eigenvalue weighted by Crippen LogP contribution is -2.20. The van der Waals surface area contributed by atoms with Gasteiger partial charge in [-0.05, 0) is 35.9 Å². The molecule has 0 bridgehead atoms. The number of pyridine rings is 1. The van der Waals surface area contributed by atoms with Crippen LogP contribution in [0.5, 0.6) is 11.5 Å². The second-order valence-corrected chi connectivity index (χ2v) is 5.53. The van der Waals surface area contributed by atoms with Crippen LogP contribution in [0.4, 0.5) is 0 Å². The van der Waals surface area contributed by atoms with E-state index < -0.39 is 0 Å². The second kappa shape index (κ2) is 8.61. The van der Waals surface area contributed by atoms with Gasteiger partial charge in [-0.25, -0.2) is 4.68 Å². The highest BCUT2D eigenvalue weighted by Crippen LogP contribution is 2.27. The Balaban J connectivity index is 1.57. The number of methoxy groups -OCH3 is 2. The number of hydrogen-bond donors (Lipinski definition) is 1. The predicted octanol–water partition coefficient (Wildman–Crippen LogP) is 2.01. The zero-order valence-electron chi connectivity index (χ0n) is 15.0. The first-order valence-electron chi connectivity index (χ1n) is 8.19. The summed E-state index contributed by atoms with van der Waals surface area (Å²) in [4.78, 5) is 16.1. The maximum Gasteiger partial charge on any atom is 0.244 e. The third-order valence-corrected chi connectivity index (χ3v) is 3.73. The van der Waals surface area contributed by atoms with Crippen molar-refractivity contribution in [1.29, 1.82) is 0 Å². The molecule has 8 heteroatoms. The van der Waals surface area contributed by atoms with Gasteiger partial charge >= 0.3 is 0 Å². The Hall–Kier alpha value is -3.68. The first kappa shape index (κ1) is 18.1. The van der Waals surface area contributed by atoms with Crippen LogP contribution >= 0.6 is 0 Å². The van der Waals surface area contributed by atoms with Crippen LogP contribution in [0.2, 0.25) is 0 Å². The monoisotopic (exact) mass is 365 g/mol. The minimum absolute atomic E-state index is 0.235. The average molecular weight is 365 g/mol. The van der Waals surface area contributed by atoms with Gasteiger partial charge in [0.05, 0.1) is 38.8 Å². The molecule has 0 unspecified atom stereocenters. The van der Waals surface area contributed by atoms with Crippen molar-refractivity contribution in [2.24, 2.45) is 0 Å². The number of benzene rings is 1. The highest BCUT2D eigenvalue weighted by Gasteiger charge is 2.05. The number of ether oxygens (including phenoxy) is 2. The summed E-state index contributed by atoms with van der Waals surface area (Å²) in [6.45, 7) is 0.273. The van der Waals surface area contributed by atoms with Crippen molar-refractivity contribution in [1.82, 2.24) is 25.3 Å². The van der Waals surface area contributed by atoms with Crippen LogP contribution in [0.3, 0.4) is 0 Å². The van der Waals surface area contributed by atoms with Crippen molar-refractivity contribution in [2.75, 3.05) is 14.2 Å². The fourth-order valence-corrected chi connectivity index (χ4v) is 2.36. The first-order chi connectivity index (χ1) is 13.2. The summed E-state index contributed by atoms with van der Waals surface area (Å²) in [5.74, 6) is 1.00. The largest absolute Gasteiger partial charge is 0.493 e. The van der Waals surface area contributed by atoms with E-state index in [1.165, 1.54) is 6.08 Å². The molecule has 0 aliphatic heterocycles. The number of aromatic nitrogens is 4. The van der Waals surface area contributed by atoms with Crippen molar-refractivity contribution < 1.29 is 14.3 Å². The maximum absolute atomic E-state index is 12.0. The van der Waals surface area contributed by atoms with Gasteiger partial charge in [-0.15, -0.1) is 5.10 Å². The van der Waals surface area contributed by atoms with Gasteiger partial charge in [0.15, 0.2) is 11.5 Å². The van der Waals surface area contributed by atoms with Crippen molar-refractivity contribution in [3.05, 3.63) is 66.3 Å². The zero-order valence-corrected chi connectivity index (χ0v) is 15.0. The Morgan fingerprint density at radius 1 is 1.22 bits per heavy atom. The van der Waals surface area contributed by atoms with Gasteiger partial charge in [0, 0.05) is 12.3 Å². The van der Waals surface area contributed by atoms with Gasteiger partial charge in [0.2, 0.25) is 5.91 Å². The fraction of sp³-hybridized carbons (Fsp3) is 0.158. The van der Waals surface area contributed by atoms with E-state index in [0.29, 0.717) is 17.2 Å². The van der Waals surface area contributed by atoms with Crippen LogP contribution in [-0.4, -0.2) is 40.1 Å². The van der Waals surface area contributed by atoms with Gasteiger partial charge in [-0.1, -0.05) is 11.3 Å². The zero-order chi connectivity index (χ0) is 19.1. The van der Waals surface area contributed by atoms with E-state index in [4.69, 9.17) is 9.47 Å². The van der Waals surface area contributed by atoms with E-state index >= 15 is 0 Å². The molecule has 0 aliphatic rings. The third-order valence-electron chi connectivity index (χ3n) is 3.73. The third kappa shape index (κ3) is 4.69. The van der Waals surface area contributed by atoms with E-state index in [1.807, 2.05) is 18.2 Å². The lowest BCUT2D eigenvalue weighted by atomic mass is 10.2. The molecule has 0 fully saturated rings. The van der Waals surface area contributed by atoms with Crippen LogP contribution in [0.1, 0.15) is 11.3 Å². The van der Waals surface area contributed by atoms with Crippen LogP contribution < -0.4 is 14.8 Å². The number of hydrogen-bond acceptors (Lipinski definition) is 6. The van der Waals surface area contributed by atoms with Gasteiger partial charge in [0.1, 0.15) is 5.69 Å². The highest BCUT2D eigenvalue weighted by atomic mass is 16.5. The molecule has 0 aliphatic carbocycles. The van der Waals surface area contributed by atoms with Crippen LogP contribution in [-0.2, 0) is 11.3 Å². The number of carbonyl (C=O) groups is 1. The first-order valence-corrected chi connectivity index (χ1v) is 8.19. The van der Waals surface area contributed by atoms with E-state index in [-0.39, 0.29) is 12.5 Å². The molecule has 27 heavy (non-hydrogen) atoms. The number of rotatable bonds is 7. The molecular weight excluding hydrogens is 346 g/mol. The molecule has 3 aromatic rings. The standard InChI is InChI=1S/C19H19N5O3/c1-26-17-7-5-14(10-18(17)27-2)6-8-19(25)21-11-15-13-24(23-22-15)16-4-3-9-20-12-16/h3-10,12-13H,11H2,1-2H3,(H,21,25)/b8-6+. The highest BCUT2D eigenvalue weighted by molar-refractivity contribution is 5.91. The lowest BCUT2D eigenvalue weighted by molar-refractivity contribution is -0.116. The van der Waals surface area contributed by atoms with Gasteiger partial charge in [0.25, 0.3) is 0 Å². The van der Waals surface area contributed by atoms with E-state index in [1.54, 1.807) is 55.7 Å². The summed E-state index contributed by atoms with van der Waals surface area (Å²) >= 11 is 0. The van der Waals surface area contributed by atoms with Crippen molar-refractivity contribution in [2.45, 2.75) is 6.54 Å². The van der Waals surface area contributed by atoms with Crippen molar-refractivity contribution in [3.8, 4) is 17.2 Å². The minimum atomic E-state index is -0.235. The van der Waals surface area contributed by atoms with Crippen LogP contribution in [0.15, 0.2) is 55.0 Å². The van der Waals surface area contributed by atoms with Crippen molar-refractivity contribution in [3.63, 3.8) is 0 Å². The molecule has 2 aromatic heterocycles. The van der Waals surface area contributed by atoms with Crippen LogP contribution in [0.25, 0.3) is 11.8 Å². The number of nitrogens with one attached hydrogen (secondary N) is 1. The Kier molecular flexibility index (Phi) is 5.78. The summed E-state index contributed by atoms with van der Waals surface area (Å²) in [6.07, 6.45) is 8.27. The Labute approximate surface area is 156 Å². The molecule has 1 N–H and O–H groups in total. The molecule has 0 saturated heterocycles. The Bertz CT molecular complexity index is 938. The second-order valence-electron chi connectivity index (χ2n) is 5.53. The number of amides is 1. The summed E-state index contributed by atoms with van der Waals surface area (Å²) in [7, 11) is 3.14. The molecule has 0 atom stereocenters. The van der Waals surface area contributed by atoms with Crippen molar-refractivity contribution >= 4 is 12.0 Å². The average Bonchev–Trinajstić information content (AvgIpc) is 3.20. The molecule has 1 aromatic carbocycles. The molecule has 0 radical (unpaired) electrons. The predicted molar refractivity (Wildman–Crippen MR) is 99.6 cm³/mol. The maximum atomic E-state index is 12.0. The molecule has 8 nitrogen and oxygen atoms in total. The minimum Gasteiger partial charge on any atom is -0.493 e. The smallest absolute Gasteiger partial charge is 0.244 e. The Morgan fingerprint density at radius 2 is 2.07 bits per heavy atom. The molecule has 3 rings (SSSR count). The summed E-state index contributed by atoms with van der Waals surface area (Å²) in [6, 6.07) is 9.10. The molecule has 0 saturated carbocycles. The summed E-state index contributed by atoms with van der Waals surface area (Å²) in [5, 5.41) is 10.8. The Morgan fingerprint density at radius 3 is 2.81 bits per heavy atom. The van der Waals surface area contributed by atoms with Gasteiger partial charge in [-0.3, -0.25) is 9.78 Å². The number of nitrogens with zero attached hydrogens (tertiary/aromatic N) is 4. The quantitative estimate of drug-likeness (QED) is 0.644. The van der Waals surface area contributed by atoms with E-state index in [9.17, 15) is 4.79 Å². The van der Waals surface area contributed by atoms with Gasteiger partial charge in [-0.2, -0.15) is 0 Å². The molecule has 1 amide bonds. The fourth-order valence-electron chi connectivity index (χ4n) is 2.36. The normalized spacial score (nSPS) is 10.7. The molecular formula is C19H19N5O3. The summed E-state index contributed by atoms with van der Waals surface area (Å²) < 4.78 is 12.0. The van der Waals surface area contributed by atoms with E-state index in [0.717, 1.165) is 11.3 Å².